The number of rotatable bonds is 8. The van der Waals surface area contributed by atoms with E-state index in [1.807, 2.05) is 73.0 Å². The average molecular weight is 477 g/mol. The number of benzene rings is 3. The van der Waals surface area contributed by atoms with Gasteiger partial charge < -0.3 is 9.47 Å². The Morgan fingerprint density at radius 3 is 2.15 bits per heavy atom. The zero-order chi connectivity index (χ0) is 24.3. The molecule has 1 aromatic heterocycles. The number of aromatic nitrogens is 2. The SMILES string of the molecule is CC(C)N(C(=O)Cn1c(CN(C)S(=O)(=O)c2ccccc2)nc2ccccc21)c1ccccc1. The van der Waals surface area contributed by atoms with E-state index in [9.17, 15) is 13.2 Å². The largest absolute Gasteiger partial charge is 0.317 e. The number of hydrogen-bond donors (Lipinski definition) is 0. The van der Waals surface area contributed by atoms with Crippen LogP contribution in [0, 0.1) is 0 Å². The number of hydrogen-bond acceptors (Lipinski definition) is 4. The van der Waals surface area contributed by atoms with Gasteiger partial charge in [-0.05, 0) is 50.2 Å². The molecule has 0 aliphatic carbocycles. The monoisotopic (exact) mass is 476 g/mol. The molecule has 4 rings (SSSR count). The summed E-state index contributed by atoms with van der Waals surface area (Å²) in [5.41, 5.74) is 2.32. The van der Waals surface area contributed by atoms with Crippen LogP contribution in [0.4, 0.5) is 5.69 Å². The molecular weight excluding hydrogens is 448 g/mol. The van der Waals surface area contributed by atoms with Crippen LogP contribution >= 0.6 is 0 Å². The molecule has 8 heteroatoms. The van der Waals surface area contributed by atoms with Crippen LogP contribution in [0.25, 0.3) is 11.0 Å². The molecule has 1 heterocycles. The summed E-state index contributed by atoms with van der Waals surface area (Å²) >= 11 is 0. The smallest absolute Gasteiger partial charge is 0.247 e. The van der Waals surface area contributed by atoms with Gasteiger partial charge in [-0.1, -0.05) is 48.5 Å². The van der Waals surface area contributed by atoms with E-state index >= 15 is 0 Å². The van der Waals surface area contributed by atoms with Gasteiger partial charge in [-0.25, -0.2) is 13.4 Å². The molecule has 0 bridgehead atoms. The first kappa shape index (κ1) is 23.7. The first-order valence-electron chi connectivity index (χ1n) is 11.1. The maximum absolute atomic E-state index is 13.5. The van der Waals surface area contributed by atoms with Crippen LogP contribution in [0.1, 0.15) is 19.7 Å². The number of imidazole rings is 1. The number of carbonyl (C=O) groups is 1. The molecule has 34 heavy (non-hydrogen) atoms. The van der Waals surface area contributed by atoms with Gasteiger partial charge in [-0.2, -0.15) is 4.31 Å². The van der Waals surface area contributed by atoms with Crippen LogP contribution in [0.3, 0.4) is 0 Å². The number of fused-ring (bicyclic) bond motifs is 1. The minimum atomic E-state index is -3.71. The molecule has 0 unspecified atom stereocenters. The summed E-state index contributed by atoms with van der Waals surface area (Å²) in [5.74, 6) is 0.410. The van der Waals surface area contributed by atoms with Crippen molar-refractivity contribution in [1.82, 2.24) is 13.9 Å². The highest BCUT2D eigenvalue weighted by atomic mass is 32.2. The normalized spacial score (nSPS) is 11.9. The van der Waals surface area contributed by atoms with Crippen LogP contribution in [-0.2, 0) is 27.9 Å². The Morgan fingerprint density at radius 1 is 0.912 bits per heavy atom. The number of carbonyl (C=O) groups excluding carboxylic acids is 1. The molecule has 0 saturated heterocycles. The summed E-state index contributed by atoms with van der Waals surface area (Å²) < 4.78 is 29.2. The average Bonchev–Trinajstić information content (AvgIpc) is 3.17. The van der Waals surface area contributed by atoms with Gasteiger partial charge in [0.2, 0.25) is 15.9 Å². The van der Waals surface area contributed by atoms with Crippen molar-refractivity contribution >= 4 is 32.7 Å². The van der Waals surface area contributed by atoms with E-state index in [1.54, 1.807) is 35.2 Å². The zero-order valence-electron chi connectivity index (χ0n) is 19.5. The maximum atomic E-state index is 13.5. The van der Waals surface area contributed by atoms with Crippen molar-refractivity contribution < 1.29 is 13.2 Å². The van der Waals surface area contributed by atoms with Crippen molar-refractivity contribution in [3.05, 3.63) is 90.8 Å². The van der Waals surface area contributed by atoms with E-state index in [0.29, 0.717) is 11.3 Å². The lowest BCUT2D eigenvalue weighted by Gasteiger charge is -2.27. The van der Waals surface area contributed by atoms with Gasteiger partial charge in [0.1, 0.15) is 12.4 Å². The predicted octanol–water partition coefficient (Wildman–Crippen LogP) is 4.30. The number of amides is 1. The number of anilines is 1. The summed E-state index contributed by atoms with van der Waals surface area (Å²) in [5, 5.41) is 0. The molecule has 0 radical (unpaired) electrons. The highest BCUT2D eigenvalue weighted by Crippen LogP contribution is 2.23. The van der Waals surface area contributed by atoms with Crippen LogP contribution in [0.5, 0.6) is 0 Å². The van der Waals surface area contributed by atoms with E-state index in [-0.39, 0.29) is 29.9 Å². The Bertz CT molecular complexity index is 1380. The van der Waals surface area contributed by atoms with Crippen molar-refractivity contribution in [2.75, 3.05) is 11.9 Å². The molecule has 0 atom stereocenters. The highest BCUT2D eigenvalue weighted by Gasteiger charge is 2.25. The van der Waals surface area contributed by atoms with E-state index in [0.717, 1.165) is 11.2 Å². The van der Waals surface area contributed by atoms with Crippen molar-refractivity contribution in [3.8, 4) is 0 Å². The number of para-hydroxylation sites is 3. The molecule has 3 aromatic carbocycles. The third-order valence-corrected chi connectivity index (χ3v) is 7.48. The third-order valence-electron chi connectivity index (χ3n) is 5.66. The second kappa shape index (κ2) is 9.79. The number of nitrogens with zero attached hydrogens (tertiary/aromatic N) is 4. The molecule has 0 spiro atoms. The Morgan fingerprint density at radius 2 is 1.50 bits per heavy atom. The lowest BCUT2D eigenvalue weighted by atomic mass is 10.2. The molecule has 0 aliphatic heterocycles. The van der Waals surface area contributed by atoms with Gasteiger partial charge in [0.25, 0.3) is 0 Å². The minimum Gasteiger partial charge on any atom is -0.317 e. The molecule has 176 valence electrons. The van der Waals surface area contributed by atoms with Gasteiger partial charge in [0, 0.05) is 18.8 Å². The summed E-state index contributed by atoms with van der Waals surface area (Å²) in [6, 6.07) is 25.3. The van der Waals surface area contributed by atoms with Crippen LogP contribution in [0.15, 0.2) is 89.8 Å². The zero-order valence-corrected chi connectivity index (χ0v) is 20.3. The van der Waals surface area contributed by atoms with Gasteiger partial charge in [-0.15, -0.1) is 0 Å². The Balaban J connectivity index is 1.69. The van der Waals surface area contributed by atoms with Crippen molar-refractivity contribution in [2.24, 2.45) is 0 Å². The highest BCUT2D eigenvalue weighted by molar-refractivity contribution is 7.89. The summed E-state index contributed by atoms with van der Waals surface area (Å²) in [7, 11) is -2.18. The Labute approximate surface area is 200 Å². The predicted molar refractivity (Wildman–Crippen MR) is 134 cm³/mol. The maximum Gasteiger partial charge on any atom is 0.247 e. The first-order valence-corrected chi connectivity index (χ1v) is 12.6. The van der Waals surface area contributed by atoms with Crippen LogP contribution in [-0.4, -0.2) is 41.3 Å². The summed E-state index contributed by atoms with van der Waals surface area (Å²) in [6.07, 6.45) is 0. The first-order chi connectivity index (χ1) is 16.3. The molecule has 0 saturated carbocycles. The Kier molecular flexibility index (Phi) is 6.81. The van der Waals surface area contributed by atoms with Crippen LogP contribution < -0.4 is 4.90 Å². The van der Waals surface area contributed by atoms with E-state index < -0.39 is 10.0 Å². The van der Waals surface area contributed by atoms with E-state index in [2.05, 4.69) is 4.98 Å². The molecule has 4 aromatic rings. The fourth-order valence-electron chi connectivity index (χ4n) is 4.01. The van der Waals surface area contributed by atoms with Gasteiger partial charge in [-0.3, -0.25) is 4.79 Å². The molecule has 7 nitrogen and oxygen atoms in total. The van der Waals surface area contributed by atoms with Crippen molar-refractivity contribution in [3.63, 3.8) is 0 Å². The number of sulfonamides is 1. The van der Waals surface area contributed by atoms with Crippen molar-refractivity contribution in [2.45, 2.75) is 37.9 Å². The second-order valence-electron chi connectivity index (χ2n) is 8.37. The van der Waals surface area contributed by atoms with E-state index in [1.165, 1.54) is 11.4 Å². The Hall–Kier alpha value is -3.49. The second-order valence-corrected chi connectivity index (χ2v) is 10.4. The van der Waals surface area contributed by atoms with E-state index in [4.69, 9.17) is 0 Å². The molecular formula is C26H28N4O3S. The van der Waals surface area contributed by atoms with Crippen LogP contribution in [0.2, 0.25) is 0 Å². The molecule has 0 fully saturated rings. The summed E-state index contributed by atoms with van der Waals surface area (Å²) in [4.78, 5) is 20.1. The fraction of sp³-hybridized carbons (Fsp3) is 0.231. The quantitative estimate of drug-likeness (QED) is 0.380. The summed E-state index contributed by atoms with van der Waals surface area (Å²) in [6.45, 7) is 4.02. The molecule has 1 amide bonds. The molecule has 0 aliphatic rings. The third kappa shape index (κ3) is 4.73. The van der Waals surface area contributed by atoms with Gasteiger partial charge in [0.15, 0.2) is 0 Å². The standard InChI is InChI=1S/C26H28N4O3S/c1-20(2)30(21-12-6-4-7-13-21)26(31)19-29-24-17-11-10-16-23(24)27-25(29)18-28(3)34(32,33)22-14-8-5-9-15-22/h4-17,20H,18-19H2,1-3H3. The lowest BCUT2D eigenvalue weighted by Crippen LogP contribution is -2.39. The van der Waals surface area contributed by atoms with Gasteiger partial charge in [0.05, 0.1) is 22.5 Å². The minimum absolute atomic E-state index is 0.0339. The molecule has 0 N–H and O–H groups in total. The van der Waals surface area contributed by atoms with Crippen molar-refractivity contribution in [1.29, 1.82) is 0 Å². The van der Waals surface area contributed by atoms with Gasteiger partial charge >= 0.3 is 0 Å². The lowest BCUT2D eigenvalue weighted by molar-refractivity contribution is -0.119. The topological polar surface area (TPSA) is 75.5 Å². The fourth-order valence-corrected chi connectivity index (χ4v) is 5.16.